The van der Waals surface area contributed by atoms with Crippen molar-refractivity contribution in [3.63, 3.8) is 0 Å². The molecule has 0 unspecified atom stereocenters. The quantitative estimate of drug-likeness (QED) is 0.514. The number of sulfonamides is 1. The van der Waals surface area contributed by atoms with Gasteiger partial charge in [0.1, 0.15) is 11.4 Å². The Morgan fingerprint density at radius 1 is 1.07 bits per heavy atom. The molecule has 2 amide bonds. The Morgan fingerprint density at radius 3 is 2.42 bits per heavy atom. The Labute approximate surface area is 236 Å². The summed E-state index contributed by atoms with van der Waals surface area (Å²) >= 11 is 0. The fraction of sp³-hybridized carbons (Fsp3) is 0.607. The lowest BCUT2D eigenvalue weighted by Gasteiger charge is -2.34. The monoisotopic (exact) mass is 572 g/mol. The average Bonchev–Trinajstić information content (AvgIpc) is 3.28. The average molecular weight is 573 g/mol. The molecule has 0 aromatic heterocycles. The first-order chi connectivity index (χ1) is 19.2. The Kier molecular flexibility index (Phi) is 8.89. The number of carbonyl (C=O) groups is 2. The van der Waals surface area contributed by atoms with Gasteiger partial charge in [0.05, 0.1) is 0 Å². The van der Waals surface area contributed by atoms with Crippen LogP contribution in [0.25, 0.3) is 6.08 Å². The first-order valence-electron chi connectivity index (χ1n) is 14.3. The minimum Gasteiger partial charge on any atom is -0.351 e. The number of hydrogen-bond donors (Lipinski definition) is 2. The molecule has 1 aromatic rings. The molecule has 5 rings (SSSR count). The summed E-state index contributed by atoms with van der Waals surface area (Å²) in [5, 5.41) is 8.65. The zero-order chi connectivity index (χ0) is 28.2. The highest BCUT2D eigenvalue weighted by molar-refractivity contribution is 7.92. The highest BCUT2D eigenvalue weighted by Gasteiger charge is 2.48. The standard InChI is InChI=1S/C28H40N6O5S/c1-32-16-18-33(19-17-32)39-27(36)29-21-23-9-7-22(8-10-23)11-20-40(37,38)34-14-12-28(13-15-34)26(35)30-25(31-28)24-5-3-2-4-6-24/h7-11,20,24H,2-6,12-19,21H2,1H3,(H,29,36)(H,30,31,35)/b20-11+. The molecule has 3 fully saturated rings. The topological polar surface area (TPSA) is 124 Å². The summed E-state index contributed by atoms with van der Waals surface area (Å²) in [7, 11) is -1.60. The Hall–Kier alpha value is -2.80. The lowest BCUT2D eigenvalue weighted by atomic mass is 9.88. The molecular weight excluding hydrogens is 532 g/mol. The maximum absolute atomic E-state index is 13.0. The van der Waals surface area contributed by atoms with Crippen molar-refractivity contribution in [3.8, 4) is 0 Å². The number of nitrogens with zero attached hydrogens (tertiary/aromatic N) is 4. The molecule has 4 aliphatic rings. The second-order valence-corrected chi connectivity index (χ2v) is 13.1. The van der Waals surface area contributed by atoms with Gasteiger partial charge in [0.2, 0.25) is 10.0 Å². The van der Waals surface area contributed by atoms with Crippen molar-refractivity contribution in [2.75, 3.05) is 46.3 Å². The highest BCUT2D eigenvalue weighted by Crippen LogP contribution is 2.35. The van der Waals surface area contributed by atoms with E-state index in [0.717, 1.165) is 55.7 Å². The van der Waals surface area contributed by atoms with Gasteiger partial charge in [0, 0.05) is 57.1 Å². The van der Waals surface area contributed by atoms with Crippen molar-refractivity contribution in [3.05, 3.63) is 40.8 Å². The molecule has 1 aromatic carbocycles. The first kappa shape index (κ1) is 28.7. The second-order valence-electron chi connectivity index (χ2n) is 11.3. The van der Waals surface area contributed by atoms with Gasteiger partial charge in [-0.15, -0.1) is 5.06 Å². The number of piperazine rings is 1. The number of hydroxylamine groups is 2. The van der Waals surface area contributed by atoms with Gasteiger partial charge in [0.25, 0.3) is 5.91 Å². The van der Waals surface area contributed by atoms with Crippen LogP contribution in [-0.4, -0.2) is 92.4 Å². The van der Waals surface area contributed by atoms with Crippen LogP contribution < -0.4 is 10.6 Å². The summed E-state index contributed by atoms with van der Waals surface area (Å²) in [5.41, 5.74) is 0.779. The lowest BCUT2D eigenvalue weighted by molar-refractivity contribution is -0.125. The number of nitrogens with one attached hydrogen (secondary N) is 2. The maximum Gasteiger partial charge on any atom is 0.426 e. The second kappa shape index (κ2) is 12.4. The molecule has 0 radical (unpaired) electrons. The normalized spacial score (nSPS) is 23.3. The van der Waals surface area contributed by atoms with Crippen LogP contribution in [0.3, 0.4) is 0 Å². The molecule has 0 bridgehead atoms. The smallest absolute Gasteiger partial charge is 0.351 e. The number of amidine groups is 1. The van der Waals surface area contributed by atoms with Gasteiger partial charge in [-0.3, -0.25) is 9.79 Å². The molecule has 0 atom stereocenters. The van der Waals surface area contributed by atoms with Crippen molar-refractivity contribution in [1.82, 2.24) is 24.9 Å². The summed E-state index contributed by atoms with van der Waals surface area (Å²) < 4.78 is 27.5. The van der Waals surface area contributed by atoms with Crippen molar-refractivity contribution >= 4 is 33.9 Å². The zero-order valence-electron chi connectivity index (χ0n) is 23.2. The van der Waals surface area contributed by atoms with Crippen LogP contribution in [-0.2, 0) is 26.2 Å². The van der Waals surface area contributed by atoms with E-state index in [2.05, 4.69) is 15.5 Å². The molecule has 40 heavy (non-hydrogen) atoms. The SMILES string of the molecule is CN1CCN(OC(=O)NCc2ccc(/C=C/S(=O)(=O)N3CCC4(CC3)N=C(C3CCCCC3)NC4=O)cc2)CC1. The minimum absolute atomic E-state index is 0.0807. The van der Waals surface area contributed by atoms with Crippen molar-refractivity contribution < 1.29 is 22.8 Å². The fourth-order valence-corrected chi connectivity index (χ4v) is 6.95. The lowest BCUT2D eigenvalue weighted by Crippen LogP contribution is -2.50. The minimum atomic E-state index is -3.64. The van der Waals surface area contributed by atoms with E-state index in [1.807, 2.05) is 31.3 Å². The van der Waals surface area contributed by atoms with Crippen molar-refractivity contribution in [2.24, 2.45) is 10.9 Å². The zero-order valence-corrected chi connectivity index (χ0v) is 24.0. The van der Waals surface area contributed by atoms with E-state index in [9.17, 15) is 18.0 Å². The highest BCUT2D eigenvalue weighted by atomic mass is 32.2. The predicted octanol–water partition coefficient (Wildman–Crippen LogP) is 2.32. The molecule has 12 heteroatoms. The Bertz CT molecular complexity index is 1230. The first-order valence-corrected chi connectivity index (χ1v) is 15.8. The van der Waals surface area contributed by atoms with Crippen LogP contribution in [0.2, 0.25) is 0 Å². The number of benzene rings is 1. The van der Waals surface area contributed by atoms with Crippen LogP contribution in [0.4, 0.5) is 4.79 Å². The number of piperidine rings is 1. The summed E-state index contributed by atoms with van der Waals surface area (Å²) in [6.07, 6.45) is 7.53. The molecule has 3 heterocycles. The molecule has 3 aliphatic heterocycles. The van der Waals surface area contributed by atoms with E-state index < -0.39 is 21.7 Å². The van der Waals surface area contributed by atoms with E-state index in [1.54, 1.807) is 11.1 Å². The summed E-state index contributed by atoms with van der Waals surface area (Å²) in [5.74, 6) is 1.05. The van der Waals surface area contributed by atoms with E-state index in [1.165, 1.54) is 16.1 Å². The fourth-order valence-electron chi connectivity index (χ4n) is 5.76. The summed E-state index contributed by atoms with van der Waals surface area (Å²) in [6, 6.07) is 7.30. The number of likely N-dealkylation sites (N-methyl/N-ethyl adjacent to an activating group) is 1. The number of aliphatic imine (C=N–C) groups is 1. The predicted molar refractivity (Wildman–Crippen MR) is 152 cm³/mol. The van der Waals surface area contributed by atoms with Gasteiger partial charge >= 0.3 is 6.09 Å². The van der Waals surface area contributed by atoms with E-state index in [4.69, 9.17) is 9.83 Å². The molecule has 218 valence electrons. The third-order valence-corrected chi connectivity index (χ3v) is 9.99. The third-order valence-electron chi connectivity index (χ3n) is 8.42. The van der Waals surface area contributed by atoms with E-state index in [-0.39, 0.29) is 19.0 Å². The molecule has 1 spiro atoms. The molecule has 1 saturated carbocycles. The number of rotatable bonds is 7. The van der Waals surface area contributed by atoms with E-state index >= 15 is 0 Å². The van der Waals surface area contributed by atoms with Gasteiger partial charge in [-0.1, -0.05) is 43.5 Å². The largest absolute Gasteiger partial charge is 0.426 e. The molecule has 2 N–H and O–H groups in total. The van der Waals surface area contributed by atoms with Crippen LogP contribution in [0.15, 0.2) is 34.7 Å². The molecule has 1 aliphatic carbocycles. The van der Waals surface area contributed by atoms with Crippen LogP contribution >= 0.6 is 0 Å². The number of amides is 2. The maximum atomic E-state index is 13.0. The Balaban J connectivity index is 1.10. The van der Waals surface area contributed by atoms with E-state index in [0.29, 0.717) is 38.4 Å². The molecule has 11 nitrogen and oxygen atoms in total. The molecular formula is C28H40N6O5S. The van der Waals surface area contributed by atoms with Gasteiger partial charge in [0.15, 0.2) is 0 Å². The third kappa shape index (κ3) is 6.91. The molecule has 2 saturated heterocycles. The van der Waals surface area contributed by atoms with Crippen LogP contribution in [0.5, 0.6) is 0 Å². The number of hydrogen-bond acceptors (Lipinski definition) is 8. The van der Waals surface area contributed by atoms with Crippen LogP contribution in [0.1, 0.15) is 56.1 Å². The summed E-state index contributed by atoms with van der Waals surface area (Å²) in [4.78, 5) is 37.3. The van der Waals surface area contributed by atoms with Crippen molar-refractivity contribution in [2.45, 2.75) is 57.0 Å². The summed E-state index contributed by atoms with van der Waals surface area (Å²) in [6.45, 7) is 3.89. The van der Waals surface area contributed by atoms with Gasteiger partial charge in [-0.05, 0) is 49.9 Å². The van der Waals surface area contributed by atoms with Gasteiger partial charge in [-0.2, -0.15) is 4.31 Å². The van der Waals surface area contributed by atoms with Crippen LogP contribution in [0, 0.1) is 5.92 Å². The van der Waals surface area contributed by atoms with Gasteiger partial charge in [-0.25, -0.2) is 13.2 Å². The Morgan fingerprint density at radius 2 is 1.75 bits per heavy atom. The van der Waals surface area contributed by atoms with Gasteiger partial charge < -0.3 is 20.4 Å². The number of carbonyl (C=O) groups excluding carboxylic acids is 2. The van der Waals surface area contributed by atoms with Crippen molar-refractivity contribution in [1.29, 1.82) is 0 Å².